The second kappa shape index (κ2) is 24.9. The molecule has 0 spiro atoms. The summed E-state index contributed by atoms with van der Waals surface area (Å²) in [6.45, 7) is 6.32. The minimum Gasteiger partial charge on any atom is -0.870 e. The second-order valence-corrected chi connectivity index (χ2v) is 15.6. The number of amides is 2. The summed E-state index contributed by atoms with van der Waals surface area (Å²) < 4.78 is 2.12. The Balaban J connectivity index is 0.000000403. The Kier molecular flexibility index (Phi) is 23.6. The Morgan fingerprint density at radius 2 is 1.19 bits per heavy atom. The van der Waals surface area contributed by atoms with E-state index in [0.29, 0.717) is 43.6 Å². The summed E-state index contributed by atoms with van der Waals surface area (Å²) in [4.78, 5) is 35.8. The van der Waals surface area contributed by atoms with Gasteiger partial charge in [-0.3, -0.25) is 19.6 Å². The number of anilines is 2. The van der Waals surface area contributed by atoms with Gasteiger partial charge in [-0.25, -0.2) is 0 Å². The van der Waals surface area contributed by atoms with Gasteiger partial charge in [-0.15, -0.1) is 0 Å². The molecular formula is C38H37Br3Cl4KN4O3-. The van der Waals surface area contributed by atoms with Gasteiger partial charge < -0.3 is 21.2 Å². The first-order valence-corrected chi connectivity index (χ1v) is 19.7. The van der Waals surface area contributed by atoms with Gasteiger partial charge in [0, 0.05) is 56.0 Å². The molecule has 0 fully saturated rings. The molecule has 0 aliphatic carbocycles. The molecule has 0 radical (unpaired) electrons. The fraction of sp³-hybridized carbons (Fsp3) is 0.237. The quantitative estimate of drug-likeness (QED) is 0.117. The van der Waals surface area contributed by atoms with Crippen molar-refractivity contribution in [1.82, 2.24) is 0 Å². The number of benzodiazepines with no additional fused rings is 2. The molecule has 4 aromatic carbocycles. The average Bonchev–Trinajstić information content (AvgIpc) is 3.25. The van der Waals surface area contributed by atoms with Gasteiger partial charge in [0.25, 0.3) is 5.91 Å². The monoisotopic (exact) mass is 1010 g/mol. The van der Waals surface area contributed by atoms with Crippen LogP contribution in [0.15, 0.2) is 104 Å². The fourth-order valence-electron chi connectivity index (χ4n) is 4.61. The van der Waals surface area contributed by atoms with Crippen LogP contribution in [-0.4, -0.2) is 54.3 Å². The van der Waals surface area contributed by atoms with Crippen LogP contribution in [-0.2, 0) is 21.3 Å². The molecule has 1 atom stereocenters. The smallest absolute Gasteiger partial charge is 0.870 e. The molecule has 2 aliphatic rings. The second-order valence-electron chi connectivity index (χ2n) is 11.7. The standard InChI is InChI=1S/C17H13BrCl2N2O.C10H8Cl2N2O.C7H6Br2.C4H9.K.H2O/c1-22-15-7-6-11(19)9-12(15)16(20)21-14(17(22)23)8-10-4-2-3-5-13(10)18;1-14-8-3-2-6(11)4-7(8)10(12)13-5-9(14)15;8-5-6-3-1-2-4-7(6)9;1-4(2)3;;/h2-7,9,14H,8H2,1H3;2-4H,5H2,1H3;1-4H,5H2;1-3H3;;1H2/q;;;-1;+1;/p-1. The number of halogens is 7. The Labute approximate surface area is 400 Å². The number of hydrogen-bond acceptors (Lipinski definition) is 5. The van der Waals surface area contributed by atoms with Crippen LogP contribution >= 0.6 is 94.2 Å². The van der Waals surface area contributed by atoms with E-state index in [-0.39, 0.29) is 75.2 Å². The van der Waals surface area contributed by atoms with Gasteiger partial charge in [-0.1, -0.05) is 131 Å². The van der Waals surface area contributed by atoms with E-state index < -0.39 is 6.04 Å². The van der Waals surface area contributed by atoms with Crippen LogP contribution in [0.2, 0.25) is 10.0 Å². The molecule has 4 aromatic rings. The Hall–Kier alpha value is -0.644. The molecule has 6 rings (SSSR count). The van der Waals surface area contributed by atoms with Crippen molar-refractivity contribution in [3.8, 4) is 0 Å². The van der Waals surface area contributed by atoms with Gasteiger partial charge in [0.2, 0.25) is 5.91 Å². The van der Waals surface area contributed by atoms with E-state index in [1.165, 1.54) is 20.9 Å². The van der Waals surface area contributed by atoms with Crippen molar-refractivity contribution in [2.45, 2.75) is 38.6 Å². The van der Waals surface area contributed by atoms with Gasteiger partial charge in [0.15, 0.2) is 0 Å². The molecule has 0 bridgehead atoms. The SMILES string of the molecule is BrCc1ccccc1Br.CN1C(=O)C(Cc2ccccc2Br)N=C(Cl)c2cc(Cl)ccc21.CN1C(=O)CN=C(Cl)c2cc(Cl)ccc21.C[C-](C)C.[K+].[OH-]. The molecule has 0 saturated heterocycles. The zero-order valence-electron chi connectivity index (χ0n) is 30.0. The number of rotatable bonds is 3. The number of carbonyl (C=O) groups is 2. The molecule has 1 N–H and O–H groups in total. The predicted molar refractivity (Wildman–Crippen MR) is 230 cm³/mol. The Bertz CT molecular complexity index is 1910. The topological polar surface area (TPSA) is 95.3 Å². The third-order valence-corrected chi connectivity index (χ3v) is 10.4. The molecule has 7 nitrogen and oxygen atoms in total. The molecule has 0 saturated carbocycles. The zero-order valence-corrected chi connectivity index (χ0v) is 40.9. The number of carbonyl (C=O) groups excluding carboxylic acids is 2. The third-order valence-electron chi connectivity index (χ3n) is 7.17. The van der Waals surface area contributed by atoms with E-state index in [1.54, 1.807) is 55.4 Å². The van der Waals surface area contributed by atoms with Crippen LogP contribution in [0.5, 0.6) is 0 Å². The molecule has 2 aliphatic heterocycles. The normalized spacial score (nSPS) is 14.4. The van der Waals surface area contributed by atoms with Crippen molar-refractivity contribution >= 4 is 128 Å². The van der Waals surface area contributed by atoms with Gasteiger partial charge in [-0.2, -0.15) is 20.8 Å². The van der Waals surface area contributed by atoms with Crippen LogP contribution in [0.4, 0.5) is 11.4 Å². The molecule has 15 heteroatoms. The van der Waals surface area contributed by atoms with Crippen molar-refractivity contribution in [3.63, 3.8) is 0 Å². The summed E-state index contributed by atoms with van der Waals surface area (Å²) in [5.74, 6) is 1.23. The van der Waals surface area contributed by atoms with Gasteiger partial charge in [0.1, 0.15) is 22.9 Å². The maximum Gasteiger partial charge on any atom is 1.00 e. The van der Waals surface area contributed by atoms with Crippen molar-refractivity contribution in [2.24, 2.45) is 9.98 Å². The van der Waals surface area contributed by atoms with Crippen LogP contribution in [0.3, 0.4) is 0 Å². The van der Waals surface area contributed by atoms with E-state index >= 15 is 0 Å². The minimum absolute atomic E-state index is 0. The summed E-state index contributed by atoms with van der Waals surface area (Å²) in [5, 5.41) is 2.67. The number of fused-ring (bicyclic) bond motifs is 2. The van der Waals surface area contributed by atoms with E-state index in [1.807, 2.05) is 42.5 Å². The summed E-state index contributed by atoms with van der Waals surface area (Å²) in [6, 6.07) is 25.8. The Morgan fingerprint density at radius 1 is 0.736 bits per heavy atom. The molecule has 2 amide bonds. The summed E-state index contributed by atoms with van der Waals surface area (Å²) >= 11 is 34.5. The number of alkyl halides is 1. The van der Waals surface area contributed by atoms with E-state index in [4.69, 9.17) is 46.4 Å². The molecular weight excluding hydrogens is 981 g/mol. The zero-order chi connectivity index (χ0) is 37.8. The van der Waals surface area contributed by atoms with Gasteiger partial charge >= 0.3 is 51.4 Å². The van der Waals surface area contributed by atoms with Crippen LogP contribution in [0.25, 0.3) is 0 Å². The molecule has 53 heavy (non-hydrogen) atoms. The largest absolute Gasteiger partial charge is 1.00 e. The molecule has 278 valence electrons. The van der Waals surface area contributed by atoms with Crippen molar-refractivity contribution in [1.29, 1.82) is 0 Å². The maximum atomic E-state index is 12.8. The van der Waals surface area contributed by atoms with Gasteiger partial charge in [0.05, 0.1) is 11.4 Å². The third kappa shape index (κ3) is 15.3. The van der Waals surface area contributed by atoms with E-state index in [0.717, 1.165) is 21.1 Å². The Morgan fingerprint density at radius 3 is 1.66 bits per heavy atom. The number of hydrogen-bond donors (Lipinski definition) is 0. The first-order chi connectivity index (χ1) is 24.1. The number of aliphatic imine (C=N–C) groups is 2. The summed E-state index contributed by atoms with van der Waals surface area (Å²) in [6.07, 6.45) is 0.475. The predicted octanol–water partition coefficient (Wildman–Crippen LogP) is 8.77. The van der Waals surface area contributed by atoms with Crippen LogP contribution in [0.1, 0.15) is 43.0 Å². The molecule has 2 heterocycles. The summed E-state index contributed by atoms with van der Waals surface area (Å²) in [5.41, 5.74) is 5.11. The molecule has 1 unspecified atom stereocenters. The minimum atomic E-state index is -0.572. The van der Waals surface area contributed by atoms with E-state index in [9.17, 15) is 9.59 Å². The van der Waals surface area contributed by atoms with Crippen molar-refractivity contribution in [2.75, 3.05) is 30.4 Å². The maximum absolute atomic E-state index is 12.8. The van der Waals surface area contributed by atoms with Crippen molar-refractivity contribution in [3.05, 3.63) is 132 Å². The van der Waals surface area contributed by atoms with Crippen LogP contribution in [0, 0.1) is 5.92 Å². The molecule has 0 aromatic heterocycles. The van der Waals surface area contributed by atoms with Crippen LogP contribution < -0.4 is 61.2 Å². The summed E-state index contributed by atoms with van der Waals surface area (Å²) in [7, 11) is 3.42. The van der Waals surface area contributed by atoms with Crippen molar-refractivity contribution < 1.29 is 66.4 Å². The number of likely N-dealkylation sites (N-methyl/N-ethyl adjacent to an activating group) is 2. The van der Waals surface area contributed by atoms with E-state index in [2.05, 4.69) is 84.6 Å². The van der Waals surface area contributed by atoms with Gasteiger partial charge in [-0.05, 0) is 59.7 Å². The fourth-order valence-corrected chi connectivity index (χ4v) is 7.17. The number of nitrogens with zero attached hydrogens (tertiary/aromatic N) is 4. The average molecular weight is 1020 g/mol. The number of benzene rings is 4. The first kappa shape index (κ1) is 50.4. The first-order valence-electron chi connectivity index (χ1n) is 15.5.